The quantitative estimate of drug-likeness (QED) is 0.730. The van der Waals surface area contributed by atoms with Gasteiger partial charge >= 0.3 is 0 Å². The Kier molecular flexibility index (Phi) is 6.50. The molecule has 0 bridgehead atoms. The fourth-order valence-electron chi connectivity index (χ4n) is 1.58. The van der Waals surface area contributed by atoms with Crippen molar-refractivity contribution in [2.45, 2.75) is 19.3 Å². The van der Waals surface area contributed by atoms with Gasteiger partial charge in [0.25, 0.3) is 10.2 Å². The van der Waals surface area contributed by atoms with Gasteiger partial charge in [0.15, 0.2) is 0 Å². The van der Waals surface area contributed by atoms with Crippen LogP contribution in [0.15, 0.2) is 30.3 Å². The van der Waals surface area contributed by atoms with Gasteiger partial charge in [-0.3, -0.25) is 0 Å². The van der Waals surface area contributed by atoms with Crippen molar-refractivity contribution >= 4 is 10.2 Å². The molecular formula is C13H19N3O2S. The second-order valence-corrected chi connectivity index (χ2v) is 6.08. The molecule has 0 aliphatic rings. The Balaban J connectivity index is 2.30. The number of hydrogen-bond donors (Lipinski definition) is 1. The fraction of sp³-hybridized carbons (Fsp3) is 0.462. The van der Waals surface area contributed by atoms with Crippen LogP contribution >= 0.6 is 0 Å². The van der Waals surface area contributed by atoms with Gasteiger partial charge in [-0.1, -0.05) is 30.3 Å². The maximum atomic E-state index is 11.8. The Morgan fingerprint density at radius 1 is 1.32 bits per heavy atom. The van der Waals surface area contributed by atoms with E-state index in [-0.39, 0.29) is 13.0 Å². The molecule has 0 spiro atoms. The van der Waals surface area contributed by atoms with E-state index in [0.29, 0.717) is 6.54 Å². The highest BCUT2D eigenvalue weighted by atomic mass is 32.2. The molecule has 0 heterocycles. The van der Waals surface area contributed by atoms with Crippen molar-refractivity contribution in [3.63, 3.8) is 0 Å². The second-order valence-electron chi connectivity index (χ2n) is 4.22. The number of nitrogens with one attached hydrogen (secondary N) is 1. The molecule has 0 fully saturated rings. The summed E-state index contributed by atoms with van der Waals surface area (Å²) in [6, 6.07) is 11.9. The summed E-state index contributed by atoms with van der Waals surface area (Å²) in [5.74, 6) is 0. The Bertz CT molecular complexity index is 508. The van der Waals surface area contributed by atoms with E-state index in [9.17, 15) is 8.42 Å². The molecule has 1 N–H and O–H groups in total. The minimum atomic E-state index is -3.45. The highest BCUT2D eigenvalue weighted by Gasteiger charge is 2.15. The maximum Gasteiger partial charge on any atom is 0.279 e. The lowest BCUT2D eigenvalue weighted by Gasteiger charge is -2.16. The fourth-order valence-corrected chi connectivity index (χ4v) is 2.53. The minimum Gasteiger partial charge on any atom is -0.202 e. The summed E-state index contributed by atoms with van der Waals surface area (Å²) in [5, 5.41) is 8.43. The van der Waals surface area contributed by atoms with Crippen molar-refractivity contribution < 1.29 is 8.42 Å². The molecule has 19 heavy (non-hydrogen) atoms. The van der Waals surface area contributed by atoms with E-state index in [2.05, 4.69) is 4.72 Å². The highest BCUT2D eigenvalue weighted by Crippen LogP contribution is 2.02. The molecule has 5 nitrogen and oxygen atoms in total. The lowest BCUT2D eigenvalue weighted by atomic mass is 10.1. The first-order valence-electron chi connectivity index (χ1n) is 6.18. The number of rotatable bonds is 8. The van der Waals surface area contributed by atoms with Crippen molar-refractivity contribution in [3.8, 4) is 6.07 Å². The van der Waals surface area contributed by atoms with Gasteiger partial charge < -0.3 is 0 Å². The Morgan fingerprint density at radius 2 is 2.00 bits per heavy atom. The van der Waals surface area contributed by atoms with Gasteiger partial charge in [-0.15, -0.1) is 0 Å². The molecule has 0 saturated heterocycles. The standard InChI is InChI=1S/C13H19N3O2S/c1-16(12-6-10-14)19(17,18)15-11-5-9-13-7-3-2-4-8-13/h2-4,7-8,15H,5-6,9,11-12H2,1H3. The van der Waals surface area contributed by atoms with Gasteiger partial charge in [-0.05, 0) is 18.4 Å². The third-order valence-corrected chi connectivity index (χ3v) is 4.29. The van der Waals surface area contributed by atoms with Crippen LogP contribution in [0.3, 0.4) is 0 Å². The highest BCUT2D eigenvalue weighted by molar-refractivity contribution is 7.87. The van der Waals surface area contributed by atoms with Crippen LogP contribution in [0, 0.1) is 11.3 Å². The van der Waals surface area contributed by atoms with E-state index in [1.165, 1.54) is 16.9 Å². The first kappa shape index (κ1) is 15.6. The molecule has 1 aromatic carbocycles. The van der Waals surface area contributed by atoms with E-state index in [0.717, 1.165) is 12.8 Å². The molecule has 0 aromatic heterocycles. The second kappa shape index (κ2) is 7.89. The van der Waals surface area contributed by atoms with Gasteiger partial charge in [-0.25, -0.2) is 4.72 Å². The van der Waals surface area contributed by atoms with Crippen molar-refractivity contribution in [2.24, 2.45) is 0 Å². The monoisotopic (exact) mass is 281 g/mol. The minimum absolute atomic E-state index is 0.196. The lowest BCUT2D eigenvalue weighted by molar-refractivity contribution is 0.463. The smallest absolute Gasteiger partial charge is 0.202 e. The molecule has 0 atom stereocenters. The number of hydrogen-bond acceptors (Lipinski definition) is 3. The summed E-state index contributed by atoms with van der Waals surface area (Å²) in [7, 11) is -1.99. The zero-order valence-corrected chi connectivity index (χ0v) is 11.9. The summed E-state index contributed by atoms with van der Waals surface area (Å²) < 4.78 is 27.2. The Hall–Kier alpha value is -1.42. The summed E-state index contributed by atoms with van der Waals surface area (Å²) in [6.07, 6.45) is 1.78. The SMILES string of the molecule is CN(CCC#N)S(=O)(=O)NCCCc1ccccc1. The first-order valence-corrected chi connectivity index (χ1v) is 7.62. The summed E-state index contributed by atoms with van der Waals surface area (Å²) in [6.45, 7) is 0.610. The van der Waals surface area contributed by atoms with E-state index in [4.69, 9.17) is 5.26 Å². The van der Waals surface area contributed by atoms with Gasteiger partial charge in [-0.2, -0.15) is 18.0 Å². The van der Waals surface area contributed by atoms with Crippen LogP contribution in [0.4, 0.5) is 0 Å². The van der Waals surface area contributed by atoms with Gasteiger partial charge in [0.2, 0.25) is 0 Å². The molecule has 0 aliphatic carbocycles. The predicted molar refractivity (Wildman–Crippen MR) is 74.5 cm³/mol. The molecule has 0 amide bonds. The largest absolute Gasteiger partial charge is 0.279 e. The van der Waals surface area contributed by atoms with Crippen LogP contribution in [0.1, 0.15) is 18.4 Å². The van der Waals surface area contributed by atoms with Crippen LogP contribution in [0.25, 0.3) is 0 Å². The van der Waals surface area contributed by atoms with E-state index in [1.807, 2.05) is 36.4 Å². The molecular weight excluding hydrogens is 262 g/mol. The summed E-state index contributed by atoms with van der Waals surface area (Å²) in [5.41, 5.74) is 1.19. The number of benzene rings is 1. The van der Waals surface area contributed by atoms with Crippen LogP contribution < -0.4 is 4.72 Å². The Morgan fingerprint density at radius 3 is 2.63 bits per heavy atom. The van der Waals surface area contributed by atoms with Crippen molar-refractivity contribution in [2.75, 3.05) is 20.1 Å². The van der Waals surface area contributed by atoms with E-state index >= 15 is 0 Å². The van der Waals surface area contributed by atoms with Crippen LogP contribution in [-0.4, -0.2) is 32.9 Å². The first-order chi connectivity index (χ1) is 9.06. The molecule has 104 valence electrons. The molecule has 1 rings (SSSR count). The Labute approximate surface area is 115 Å². The molecule has 0 unspecified atom stereocenters. The van der Waals surface area contributed by atoms with E-state index in [1.54, 1.807) is 0 Å². The molecule has 0 aliphatic heterocycles. The average Bonchev–Trinajstić information content (AvgIpc) is 2.42. The van der Waals surface area contributed by atoms with E-state index < -0.39 is 10.2 Å². The van der Waals surface area contributed by atoms with Gasteiger partial charge in [0, 0.05) is 26.6 Å². The topological polar surface area (TPSA) is 73.2 Å². The van der Waals surface area contributed by atoms with Crippen LogP contribution in [-0.2, 0) is 16.6 Å². The summed E-state index contributed by atoms with van der Waals surface area (Å²) in [4.78, 5) is 0. The van der Waals surface area contributed by atoms with Crippen molar-refractivity contribution in [1.29, 1.82) is 5.26 Å². The predicted octanol–water partition coefficient (Wildman–Crippen LogP) is 1.30. The van der Waals surface area contributed by atoms with Gasteiger partial charge in [0.1, 0.15) is 0 Å². The lowest BCUT2D eigenvalue weighted by Crippen LogP contribution is -2.39. The van der Waals surface area contributed by atoms with Crippen LogP contribution in [0.2, 0.25) is 0 Å². The van der Waals surface area contributed by atoms with Gasteiger partial charge in [0.05, 0.1) is 6.07 Å². The maximum absolute atomic E-state index is 11.8. The zero-order valence-electron chi connectivity index (χ0n) is 11.0. The normalized spacial score (nSPS) is 11.4. The molecule has 0 saturated carbocycles. The third kappa shape index (κ3) is 5.83. The number of nitrogens with zero attached hydrogens (tertiary/aromatic N) is 2. The zero-order chi connectivity index (χ0) is 14.1. The number of aryl methyl sites for hydroxylation is 1. The summed E-state index contributed by atoms with van der Waals surface area (Å²) >= 11 is 0. The van der Waals surface area contributed by atoms with Crippen molar-refractivity contribution in [1.82, 2.24) is 9.03 Å². The molecule has 0 radical (unpaired) electrons. The molecule has 6 heteroatoms. The third-order valence-electron chi connectivity index (χ3n) is 2.72. The average molecular weight is 281 g/mol. The number of nitriles is 1. The molecule has 1 aromatic rings. The van der Waals surface area contributed by atoms with Crippen LogP contribution in [0.5, 0.6) is 0 Å². The van der Waals surface area contributed by atoms with Crippen molar-refractivity contribution in [3.05, 3.63) is 35.9 Å².